The Morgan fingerprint density at radius 2 is 1.69 bits per heavy atom. The van der Waals surface area contributed by atoms with Gasteiger partial charge in [-0.2, -0.15) is 0 Å². The number of ether oxygens (including phenoxy) is 3. The monoisotopic (exact) mass is 397 g/mol. The first-order valence-corrected chi connectivity index (χ1v) is 8.50. The Hall–Kier alpha value is -2.44. The van der Waals surface area contributed by atoms with Crippen molar-refractivity contribution in [1.82, 2.24) is 0 Å². The quantitative estimate of drug-likeness (QED) is 0.682. The van der Waals surface area contributed by atoms with Gasteiger partial charge in [0.05, 0.1) is 17.3 Å². The lowest BCUT2D eigenvalue weighted by molar-refractivity contribution is -0.149. The van der Waals surface area contributed by atoms with Gasteiger partial charge >= 0.3 is 5.97 Å². The van der Waals surface area contributed by atoms with Crippen molar-refractivity contribution in [3.8, 4) is 11.5 Å². The minimum Gasteiger partial charge on any atom is -0.490 e. The molecule has 0 heterocycles. The molecule has 0 saturated heterocycles. The van der Waals surface area contributed by atoms with Gasteiger partial charge in [0.25, 0.3) is 5.91 Å². The molecule has 2 aromatic rings. The van der Waals surface area contributed by atoms with Crippen molar-refractivity contribution in [2.75, 3.05) is 25.1 Å². The first-order chi connectivity index (χ1) is 12.5. The lowest BCUT2D eigenvalue weighted by Crippen LogP contribution is -2.23. The van der Waals surface area contributed by atoms with Gasteiger partial charge in [0, 0.05) is 5.02 Å². The molecule has 0 unspecified atom stereocenters. The van der Waals surface area contributed by atoms with Crippen LogP contribution in [0.1, 0.15) is 6.92 Å². The van der Waals surface area contributed by atoms with Gasteiger partial charge in [0.15, 0.2) is 24.7 Å². The minimum atomic E-state index is -0.686. The van der Waals surface area contributed by atoms with Gasteiger partial charge in [-0.05, 0) is 37.3 Å². The van der Waals surface area contributed by atoms with Gasteiger partial charge < -0.3 is 19.5 Å². The number of esters is 1. The Kier molecular flexibility index (Phi) is 7.56. The number of carbonyl (C=O) groups is 2. The fraction of sp³-hybridized carbons (Fsp3) is 0.222. The van der Waals surface area contributed by atoms with E-state index in [-0.39, 0.29) is 11.6 Å². The van der Waals surface area contributed by atoms with E-state index in [0.717, 1.165) is 0 Å². The molecule has 0 aromatic heterocycles. The smallest absolute Gasteiger partial charge is 0.344 e. The fourth-order valence-electron chi connectivity index (χ4n) is 1.95. The predicted octanol–water partition coefficient (Wildman–Crippen LogP) is 3.95. The van der Waals surface area contributed by atoms with Gasteiger partial charge in [-0.3, -0.25) is 4.79 Å². The zero-order valence-corrected chi connectivity index (χ0v) is 15.5. The molecule has 0 spiro atoms. The summed E-state index contributed by atoms with van der Waals surface area (Å²) in [5.74, 6) is -0.271. The Morgan fingerprint density at radius 1 is 1.00 bits per heavy atom. The molecule has 0 atom stereocenters. The first-order valence-electron chi connectivity index (χ1n) is 7.74. The summed E-state index contributed by atoms with van der Waals surface area (Å²) < 4.78 is 15.6. The van der Waals surface area contributed by atoms with Crippen molar-refractivity contribution in [1.29, 1.82) is 0 Å². The number of anilines is 1. The molecule has 0 saturated carbocycles. The lowest BCUT2D eigenvalue weighted by Gasteiger charge is -2.11. The molecule has 1 N–H and O–H groups in total. The van der Waals surface area contributed by atoms with Crippen LogP contribution >= 0.6 is 23.2 Å². The van der Waals surface area contributed by atoms with Crippen LogP contribution in [0, 0.1) is 0 Å². The van der Waals surface area contributed by atoms with Gasteiger partial charge in [-0.25, -0.2) is 4.79 Å². The zero-order valence-electron chi connectivity index (χ0n) is 14.0. The van der Waals surface area contributed by atoms with Gasteiger partial charge in [0.1, 0.15) is 0 Å². The average molecular weight is 398 g/mol. The van der Waals surface area contributed by atoms with Gasteiger partial charge in [-0.1, -0.05) is 35.3 Å². The largest absolute Gasteiger partial charge is 0.490 e. The highest BCUT2D eigenvalue weighted by Crippen LogP contribution is 2.26. The molecule has 138 valence electrons. The van der Waals surface area contributed by atoms with Crippen LogP contribution in [0.25, 0.3) is 0 Å². The van der Waals surface area contributed by atoms with E-state index in [1.165, 1.54) is 6.07 Å². The molecule has 26 heavy (non-hydrogen) atoms. The highest BCUT2D eigenvalue weighted by molar-refractivity contribution is 6.36. The van der Waals surface area contributed by atoms with E-state index in [0.29, 0.717) is 28.8 Å². The van der Waals surface area contributed by atoms with Crippen molar-refractivity contribution in [2.24, 2.45) is 0 Å². The first kappa shape index (κ1) is 19.9. The summed E-state index contributed by atoms with van der Waals surface area (Å²) in [5, 5.41) is 3.26. The number of para-hydroxylation sites is 2. The minimum absolute atomic E-state index is 0.285. The Morgan fingerprint density at radius 3 is 2.35 bits per heavy atom. The Balaban J connectivity index is 1.79. The maximum atomic E-state index is 11.8. The summed E-state index contributed by atoms with van der Waals surface area (Å²) in [6.45, 7) is 1.50. The van der Waals surface area contributed by atoms with Crippen LogP contribution in [0.5, 0.6) is 11.5 Å². The third-order valence-corrected chi connectivity index (χ3v) is 3.61. The third-order valence-electron chi connectivity index (χ3n) is 3.06. The van der Waals surface area contributed by atoms with E-state index in [1.54, 1.807) is 36.4 Å². The summed E-state index contributed by atoms with van der Waals surface area (Å²) in [4.78, 5) is 23.6. The number of benzene rings is 2. The third kappa shape index (κ3) is 6.13. The van der Waals surface area contributed by atoms with Crippen LogP contribution in [0.15, 0.2) is 42.5 Å². The second-order valence-electron chi connectivity index (χ2n) is 5.00. The summed E-state index contributed by atoms with van der Waals surface area (Å²) in [6, 6.07) is 11.6. The van der Waals surface area contributed by atoms with Gasteiger partial charge in [-0.15, -0.1) is 0 Å². The molecule has 2 rings (SSSR count). The van der Waals surface area contributed by atoms with Crippen molar-refractivity contribution < 1.29 is 23.8 Å². The molecule has 0 aliphatic carbocycles. The summed E-state index contributed by atoms with van der Waals surface area (Å²) in [6.07, 6.45) is 0. The number of rotatable bonds is 8. The standard InChI is InChI=1S/C18H17Cl2NO5/c1-2-24-15-5-3-4-6-16(15)25-11-18(23)26-10-17(22)21-14-8-7-12(19)9-13(14)20/h3-9H,2,10-11H2,1H3,(H,21,22). The van der Waals surface area contributed by atoms with Crippen LogP contribution in [-0.4, -0.2) is 31.7 Å². The number of nitrogens with one attached hydrogen (secondary N) is 1. The molecule has 6 nitrogen and oxygen atoms in total. The molecule has 8 heteroatoms. The fourth-order valence-corrected chi connectivity index (χ4v) is 2.40. The summed E-state index contributed by atoms with van der Waals surface area (Å²) >= 11 is 11.7. The van der Waals surface area contributed by atoms with Crippen LogP contribution in [0.2, 0.25) is 10.0 Å². The number of halogens is 2. The van der Waals surface area contributed by atoms with E-state index in [9.17, 15) is 9.59 Å². The molecule has 0 fully saturated rings. The van der Waals surface area contributed by atoms with Gasteiger partial charge in [0.2, 0.25) is 0 Å². The van der Waals surface area contributed by atoms with E-state index in [2.05, 4.69) is 5.32 Å². The molecular formula is C18H17Cl2NO5. The number of amides is 1. The van der Waals surface area contributed by atoms with E-state index >= 15 is 0 Å². The summed E-state index contributed by atoms with van der Waals surface area (Å²) in [7, 11) is 0. The van der Waals surface area contributed by atoms with Crippen molar-refractivity contribution in [3.63, 3.8) is 0 Å². The van der Waals surface area contributed by atoms with Crippen molar-refractivity contribution in [3.05, 3.63) is 52.5 Å². The molecule has 0 aliphatic heterocycles. The SMILES string of the molecule is CCOc1ccccc1OCC(=O)OCC(=O)Nc1ccc(Cl)cc1Cl. The topological polar surface area (TPSA) is 73.9 Å². The Bertz CT molecular complexity index is 782. The van der Waals surface area contributed by atoms with Crippen molar-refractivity contribution in [2.45, 2.75) is 6.92 Å². The van der Waals surface area contributed by atoms with E-state index in [4.69, 9.17) is 37.4 Å². The van der Waals surface area contributed by atoms with Crippen LogP contribution in [0.4, 0.5) is 5.69 Å². The van der Waals surface area contributed by atoms with Crippen LogP contribution < -0.4 is 14.8 Å². The molecule has 1 amide bonds. The zero-order chi connectivity index (χ0) is 18.9. The van der Waals surface area contributed by atoms with E-state index < -0.39 is 18.5 Å². The maximum Gasteiger partial charge on any atom is 0.344 e. The van der Waals surface area contributed by atoms with Crippen LogP contribution in [0.3, 0.4) is 0 Å². The number of hydrogen-bond donors (Lipinski definition) is 1. The highest BCUT2D eigenvalue weighted by Gasteiger charge is 2.12. The lowest BCUT2D eigenvalue weighted by atomic mass is 10.3. The van der Waals surface area contributed by atoms with E-state index in [1.807, 2.05) is 6.92 Å². The second kappa shape index (κ2) is 9.89. The molecule has 0 bridgehead atoms. The van der Waals surface area contributed by atoms with Crippen molar-refractivity contribution >= 4 is 40.8 Å². The Labute approximate surface area is 160 Å². The average Bonchev–Trinajstić information content (AvgIpc) is 2.62. The molecular weight excluding hydrogens is 381 g/mol. The summed E-state index contributed by atoms with van der Waals surface area (Å²) in [5.41, 5.74) is 0.374. The second-order valence-corrected chi connectivity index (χ2v) is 5.85. The normalized spacial score (nSPS) is 10.1. The predicted molar refractivity (Wildman–Crippen MR) is 99.2 cm³/mol. The maximum absolute atomic E-state index is 11.8. The molecule has 2 aromatic carbocycles. The number of hydrogen-bond acceptors (Lipinski definition) is 5. The molecule has 0 radical (unpaired) electrons. The molecule has 0 aliphatic rings. The number of carbonyl (C=O) groups excluding carboxylic acids is 2. The van der Waals surface area contributed by atoms with Crippen LogP contribution in [-0.2, 0) is 14.3 Å². The highest BCUT2D eigenvalue weighted by atomic mass is 35.5.